The molecule has 0 spiro atoms. The summed E-state index contributed by atoms with van der Waals surface area (Å²) < 4.78 is 2.33. The first-order chi connectivity index (χ1) is 9.58. The Bertz CT molecular complexity index is 882. The number of halogens is 1. The number of fused-ring (bicyclic) bond motifs is 1. The summed E-state index contributed by atoms with van der Waals surface area (Å²) in [6.45, 7) is 0. The highest BCUT2D eigenvalue weighted by atomic mass is 35.5. The van der Waals surface area contributed by atoms with E-state index >= 15 is 0 Å². The van der Waals surface area contributed by atoms with Gasteiger partial charge >= 0.3 is 5.97 Å². The Kier molecular flexibility index (Phi) is 3.08. The van der Waals surface area contributed by atoms with Crippen molar-refractivity contribution in [2.75, 3.05) is 0 Å². The van der Waals surface area contributed by atoms with Gasteiger partial charge in [0.25, 0.3) is 5.56 Å². The van der Waals surface area contributed by atoms with Crippen LogP contribution in [-0.4, -0.2) is 15.0 Å². The average molecular weight is 306 g/mol. The van der Waals surface area contributed by atoms with Crippen LogP contribution in [0.2, 0.25) is 5.02 Å². The second-order valence-corrected chi connectivity index (χ2v) is 5.55. The van der Waals surface area contributed by atoms with Gasteiger partial charge < -0.3 is 5.11 Å². The summed E-state index contributed by atoms with van der Waals surface area (Å²) in [4.78, 5) is 23.2. The number of aromatic nitrogens is 1. The van der Waals surface area contributed by atoms with Gasteiger partial charge in [0, 0.05) is 0 Å². The number of rotatable bonds is 2. The molecule has 100 valence electrons. The van der Waals surface area contributed by atoms with Crippen molar-refractivity contribution in [3.05, 3.63) is 63.4 Å². The normalized spacial score (nSPS) is 10.8. The molecule has 0 fully saturated rings. The van der Waals surface area contributed by atoms with Crippen molar-refractivity contribution in [1.29, 1.82) is 0 Å². The van der Waals surface area contributed by atoms with E-state index < -0.39 is 5.97 Å². The van der Waals surface area contributed by atoms with Gasteiger partial charge in [-0.2, -0.15) is 0 Å². The second kappa shape index (κ2) is 4.77. The molecule has 20 heavy (non-hydrogen) atoms. The van der Waals surface area contributed by atoms with E-state index in [1.54, 1.807) is 18.2 Å². The lowest BCUT2D eigenvalue weighted by Crippen LogP contribution is -2.11. The Balaban J connectivity index is 2.23. The largest absolute Gasteiger partial charge is 0.478 e. The average Bonchev–Trinajstić information content (AvgIpc) is 2.76. The summed E-state index contributed by atoms with van der Waals surface area (Å²) in [6, 6.07) is 11.6. The van der Waals surface area contributed by atoms with E-state index in [2.05, 4.69) is 0 Å². The molecule has 0 aliphatic rings. The quantitative estimate of drug-likeness (QED) is 0.789. The number of hydrogen-bond acceptors (Lipinski definition) is 3. The predicted molar refractivity (Wildman–Crippen MR) is 79.4 cm³/mol. The zero-order valence-electron chi connectivity index (χ0n) is 10.0. The number of carboxylic acid groups (broad SMARTS) is 1. The maximum absolute atomic E-state index is 12.3. The summed E-state index contributed by atoms with van der Waals surface area (Å²) in [5.41, 5.74) is 0.423. The van der Waals surface area contributed by atoms with Crippen LogP contribution in [0.15, 0.2) is 47.3 Å². The van der Waals surface area contributed by atoms with Gasteiger partial charge in [0.15, 0.2) is 0 Å². The van der Waals surface area contributed by atoms with Crippen LogP contribution in [0, 0.1) is 0 Å². The Morgan fingerprint density at radius 3 is 2.60 bits per heavy atom. The van der Waals surface area contributed by atoms with Crippen molar-refractivity contribution < 1.29 is 9.90 Å². The molecule has 0 aliphatic heterocycles. The topological polar surface area (TPSA) is 59.3 Å². The van der Waals surface area contributed by atoms with Crippen LogP contribution in [0.25, 0.3) is 15.8 Å². The first kappa shape index (κ1) is 12.9. The molecule has 0 atom stereocenters. The highest BCUT2D eigenvalue weighted by Crippen LogP contribution is 2.26. The van der Waals surface area contributed by atoms with Crippen molar-refractivity contribution in [2.45, 2.75) is 0 Å². The molecular formula is C14H8ClNO3S. The first-order valence-electron chi connectivity index (χ1n) is 5.72. The standard InChI is InChI=1S/C14H8ClNO3S/c15-10-7-8(14(18)19)5-6-11(10)16-13(17)9-3-1-2-4-12(9)20-16/h1-7H,(H,18,19). The van der Waals surface area contributed by atoms with Crippen LogP contribution < -0.4 is 5.56 Å². The van der Waals surface area contributed by atoms with Crippen molar-refractivity contribution in [3.8, 4) is 5.69 Å². The van der Waals surface area contributed by atoms with E-state index in [1.165, 1.54) is 27.6 Å². The molecule has 0 amide bonds. The Hall–Kier alpha value is -2.11. The second-order valence-electron chi connectivity index (χ2n) is 4.16. The van der Waals surface area contributed by atoms with Crippen LogP contribution in [0.4, 0.5) is 0 Å². The molecule has 0 bridgehead atoms. The molecule has 6 heteroatoms. The van der Waals surface area contributed by atoms with Gasteiger partial charge in [-0.3, -0.25) is 4.79 Å². The van der Waals surface area contributed by atoms with Crippen molar-refractivity contribution in [2.24, 2.45) is 0 Å². The summed E-state index contributed by atoms with van der Waals surface area (Å²) in [5, 5.41) is 9.77. The minimum Gasteiger partial charge on any atom is -0.478 e. The van der Waals surface area contributed by atoms with E-state index in [4.69, 9.17) is 16.7 Å². The fourth-order valence-corrected chi connectivity index (χ4v) is 3.28. The van der Waals surface area contributed by atoms with E-state index in [1.807, 2.05) is 12.1 Å². The van der Waals surface area contributed by atoms with Gasteiger partial charge in [-0.05, 0) is 30.3 Å². The van der Waals surface area contributed by atoms with Gasteiger partial charge in [-0.1, -0.05) is 35.3 Å². The molecule has 4 nitrogen and oxygen atoms in total. The van der Waals surface area contributed by atoms with Gasteiger partial charge in [-0.15, -0.1) is 0 Å². The molecule has 1 N–H and O–H groups in total. The van der Waals surface area contributed by atoms with E-state index in [9.17, 15) is 9.59 Å². The van der Waals surface area contributed by atoms with Crippen LogP contribution >= 0.6 is 23.1 Å². The third-order valence-electron chi connectivity index (χ3n) is 2.90. The molecule has 3 aromatic rings. The van der Waals surface area contributed by atoms with Crippen molar-refractivity contribution in [3.63, 3.8) is 0 Å². The third-order valence-corrected chi connectivity index (χ3v) is 4.31. The lowest BCUT2D eigenvalue weighted by molar-refractivity contribution is 0.0697. The van der Waals surface area contributed by atoms with Gasteiger partial charge in [0.1, 0.15) is 0 Å². The SMILES string of the molecule is O=C(O)c1ccc(-n2sc3ccccc3c2=O)c(Cl)c1. The van der Waals surface area contributed by atoms with Crippen LogP contribution in [0.1, 0.15) is 10.4 Å². The maximum atomic E-state index is 12.3. The smallest absolute Gasteiger partial charge is 0.335 e. The minimum absolute atomic E-state index is 0.0907. The van der Waals surface area contributed by atoms with Crippen LogP contribution in [0.3, 0.4) is 0 Å². The molecule has 0 unspecified atom stereocenters. The first-order valence-corrected chi connectivity index (χ1v) is 6.87. The molecule has 1 heterocycles. The number of carboxylic acids is 1. The molecular weight excluding hydrogens is 298 g/mol. The number of nitrogens with zero attached hydrogens (tertiary/aromatic N) is 1. The molecule has 2 aromatic carbocycles. The van der Waals surface area contributed by atoms with E-state index in [0.717, 1.165) is 4.70 Å². The Morgan fingerprint density at radius 2 is 1.95 bits per heavy atom. The summed E-state index contributed by atoms with van der Waals surface area (Å²) >= 11 is 7.37. The number of hydrogen-bond donors (Lipinski definition) is 1. The number of benzene rings is 2. The molecule has 0 radical (unpaired) electrons. The molecule has 0 saturated carbocycles. The molecule has 3 rings (SSSR count). The zero-order valence-corrected chi connectivity index (χ0v) is 11.6. The van der Waals surface area contributed by atoms with Gasteiger partial charge in [0.2, 0.25) is 0 Å². The zero-order chi connectivity index (χ0) is 14.3. The fourth-order valence-electron chi connectivity index (χ4n) is 1.94. The van der Waals surface area contributed by atoms with E-state index in [-0.39, 0.29) is 16.1 Å². The van der Waals surface area contributed by atoms with Crippen molar-refractivity contribution in [1.82, 2.24) is 3.96 Å². The lowest BCUT2D eigenvalue weighted by atomic mass is 10.2. The third kappa shape index (κ3) is 2.01. The van der Waals surface area contributed by atoms with Gasteiger partial charge in [0.05, 0.1) is 26.4 Å². The summed E-state index contributed by atoms with van der Waals surface area (Å²) in [7, 11) is 0. The lowest BCUT2D eigenvalue weighted by Gasteiger charge is -2.04. The minimum atomic E-state index is -1.05. The highest BCUT2D eigenvalue weighted by Gasteiger charge is 2.13. The van der Waals surface area contributed by atoms with Crippen LogP contribution in [0.5, 0.6) is 0 Å². The highest BCUT2D eigenvalue weighted by molar-refractivity contribution is 7.14. The number of aromatic carboxylic acids is 1. The number of carbonyl (C=O) groups is 1. The monoisotopic (exact) mass is 305 g/mol. The molecule has 1 aromatic heterocycles. The molecule has 0 aliphatic carbocycles. The van der Waals surface area contributed by atoms with Crippen LogP contribution in [-0.2, 0) is 0 Å². The summed E-state index contributed by atoms with van der Waals surface area (Å²) in [5.74, 6) is -1.05. The Morgan fingerprint density at radius 1 is 1.20 bits per heavy atom. The maximum Gasteiger partial charge on any atom is 0.335 e. The van der Waals surface area contributed by atoms with Crippen molar-refractivity contribution >= 4 is 39.2 Å². The summed E-state index contributed by atoms with van der Waals surface area (Å²) in [6.07, 6.45) is 0. The van der Waals surface area contributed by atoms with E-state index in [0.29, 0.717) is 11.1 Å². The fraction of sp³-hybridized carbons (Fsp3) is 0. The predicted octanol–water partition coefficient (Wildman–Crippen LogP) is 3.40. The van der Waals surface area contributed by atoms with Gasteiger partial charge in [-0.25, -0.2) is 8.75 Å². The Labute approximate surface area is 122 Å². The molecule has 0 saturated heterocycles.